The minimum Gasteiger partial charge on any atom is -0.364 e. The van der Waals surface area contributed by atoms with Crippen molar-refractivity contribution in [2.24, 2.45) is 5.92 Å². The van der Waals surface area contributed by atoms with Crippen LogP contribution in [0.5, 0.6) is 0 Å². The van der Waals surface area contributed by atoms with Gasteiger partial charge in [-0.15, -0.1) is 0 Å². The molecule has 0 spiro atoms. The number of rotatable bonds is 2. The molecule has 0 bridgehead atoms. The maximum atomic E-state index is 14.2. The molecule has 0 aromatic heterocycles. The van der Waals surface area contributed by atoms with Crippen molar-refractivity contribution in [3.63, 3.8) is 0 Å². The number of hydrogen-bond donors (Lipinski definition) is 0. The maximum absolute atomic E-state index is 14.2. The lowest BCUT2D eigenvalue weighted by Gasteiger charge is -2.39. The molecule has 1 aromatic rings. The second-order valence-corrected chi connectivity index (χ2v) is 6.20. The van der Waals surface area contributed by atoms with Crippen LogP contribution >= 0.6 is 15.9 Å². The molecule has 3 rings (SSSR count). The van der Waals surface area contributed by atoms with Crippen LogP contribution < -0.4 is 4.90 Å². The van der Waals surface area contributed by atoms with Gasteiger partial charge in [0, 0.05) is 17.9 Å². The van der Waals surface area contributed by atoms with Crippen molar-refractivity contribution >= 4 is 21.6 Å². The van der Waals surface area contributed by atoms with Gasteiger partial charge >= 0.3 is 0 Å². The van der Waals surface area contributed by atoms with E-state index in [1.807, 2.05) is 4.90 Å². The van der Waals surface area contributed by atoms with E-state index in [-0.39, 0.29) is 5.69 Å². The van der Waals surface area contributed by atoms with Gasteiger partial charge in [-0.25, -0.2) is 8.78 Å². The van der Waals surface area contributed by atoms with Gasteiger partial charge in [0.1, 0.15) is 17.3 Å². The van der Waals surface area contributed by atoms with Gasteiger partial charge in [-0.3, -0.25) is 0 Å². The zero-order valence-electron chi connectivity index (χ0n) is 10.8. The molecule has 2 aliphatic rings. The highest BCUT2D eigenvalue weighted by Crippen LogP contribution is 2.40. The normalized spacial score (nSPS) is 26.6. The van der Waals surface area contributed by atoms with Crippen molar-refractivity contribution in [2.75, 3.05) is 11.4 Å². The molecule has 19 heavy (non-hydrogen) atoms. The third-order valence-electron chi connectivity index (χ3n) is 4.51. The monoisotopic (exact) mass is 329 g/mol. The van der Waals surface area contributed by atoms with E-state index in [4.69, 9.17) is 0 Å². The summed E-state index contributed by atoms with van der Waals surface area (Å²) >= 11 is 3.24. The summed E-state index contributed by atoms with van der Waals surface area (Å²) in [6.07, 6.45) is 5.73. The summed E-state index contributed by atoms with van der Waals surface area (Å²) in [5.41, 5.74) is 0.847. The van der Waals surface area contributed by atoms with Crippen LogP contribution in [0, 0.1) is 17.6 Å². The summed E-state index contributed by atoms with van der Waals surface area (Å²) in [5.74, 6) is -0.201. The molecule has 0 radical (unpaired) electrons. The van der Waals surface area contributed by atoms with Crippen LogP contribution in [0.3, 0.4) is 0 Å². The van der Waals surface area contributed by atoms with E-state index in [2.05, 4.69) is 15.9 Å². The summed E-state index contributed by atoms with van der Waals surface area (Å²) < 4.78 is 28.5. The van der Waals surface area contributed by atoms with Crippen LogP contribution in [-0.4, -0.2) is 12.6 Å². The van der Waals surface area contributed by atoms with E-state index in [1.54, 1.807) is 0 Å². The predicted octanol–water partition coefficient (Wildman–Crippen LogP) is 4.63. The lowest BCUT2D eigenvalue weighted by atomic mass is 9.91. The highest BCUT2D eigenvalue weighted by molar-refractivity contribution is 9.08. The topological polar surface area (TPSA) is 3.24 Å². The van der Waals surface area contributed by atoms with Gasteiger partial charge < -0.3 is 4.90 Å². The Bertz CT molecular complexity index is 454. The number of hydrogen-bond acceptors (Lipinski definition) is 1. The minimum absolute atomic E-state index is 0.196. The number of anilines is 1. The Kier molecular flexibility index (Phi) is 3.79. The first-order valence-corrected chi connectivity index (χ1v) is 8.13. The Hall–Kier alpha value is -0.640. The Labute approximate surface area is 121 Å². The van der Waals surface area contributed by atoms with Crippen molar-refractivity contribution < 1.29 is 8.78 Å². The number of nitrogens with zero attached hydrogens (tertiary/aromatic N) is 1. The van der Waals surface area contributed by atoms with Crippen molar-refractivity contribution in [3.8, 4) is 0 Å². The van der Waals surface area contributed by atoms with Crippen molar-refractivity contribution in [1.82, 2.24) is 0 Å². The van der Waals surface area contributed by atoms with E-state index < -0.39 is 11.6 Å². The van der Waals surface area contributed by atoms with E-state index in [1.165, 1.54) is 31.4 Å². The number of halogens is 3. The zero-order chi connectivity index (χ0) is 13.4. The summed E-state index contributed by atoms with van der Waals surface area (Å²) in [6.45, 7) is 0.780. The molecule has 104 valence electrons. The lowest BCUT2D eigenvalue weighted by molar-refractivity contribution is 0.356. The second kappa shape index (κ2) is 5.39. The summed E-state index contributed by atoms with van der Waals surface area (Å²) in [5, 5.41) is 0.479. The van der Waals surface area contributed by atoms with Crippen LogP contribution in [0.1, 0.15) is 37.7 Å². The molecule has 1 aliphatic carbocycles. The summed E-state index contributed by atoms with van der Waals surface area (Å²) in [4.78, 5) is 1.99. The first-order chi connectivity index (χ1) is 9.20. The molecule has 2 atom stereocenters. The molecule has 2 fully saturated rings. The number of benzene rings is 1. The molecule has 1 nitrogen and oxygen atoms in total. The average Bonchev–Trinajstić information content (AvgIpc) is 2.86. The van der Waals surface area contributed by atoms with Gasteiger partial charge in [0.25, 0.3) is 0 Å². The van der Waals surface area contributed by atoms with Crippen molar-refractivity contribution in [3.05, 3.63) is 29.3 Å². The molecular formula is C15H18BrF2N. The van der Waals surface area contributed by atoms with Gasteiger partial charge in [-0.05, 0) is 49.3 Å². The van der Waals surface area contributed by atoms with E-state index >= 15 is 0 Å². The number of fused-ring (bicyclic) bond motifs is 1. The van der Waals surface area contributed by atoms with Gasteiger partial charge in [-0.1, -0.05) is 22.4 Å². The van der Waals surface area contributed by atoms with Crippen LogP contribution in [0.15, 0.2) is 12.1 Å². The quantitative estimate of drug-likeness (QED) is 0.715. The largest absolute Gasteiger partial charge is 0.364 e. The van der Waals surface area contributed by atoms with E-state index in [0.29, 0.717) is 22.9 Å². The zero-order valence-corrected chi connectivity index (χ0v) is 12.4. The first kappa shape index (κ1) is 13.3. The van der Waals surface area contributed by atoms with Crippen molar-refractivity contribution in [1.29, 1.82) is 0 Å². The predicted molar refractivity (Wildman–Crippen MR) is 76.7 cm³/mol. The van der Waals surface area contributed by atoms with E-state index in [0.717, 1.165) is 19.4 Å². The van der Waals surface area contributed by atoms with Gasteiger partial charge in [0.05, 0.1) is 0 Å². The van der Waals surface area contributed by atoms with Crippen LogP contribution in [0.4, 0.5) is 14.5 Å². The standard InChI is InChI=1S/C15H18BrF2N/c16-9-10-7-12(17)15(13(18)8-10)19-6-2-4-11-3-1-5-14(11)19/h7-8,11,14H,1-6,9H2. The third-order valence-corrected chi connectivity index (χ3v) is 5.16. The van der Waals surface area contributed by atoms with Crippen LogP contribution in [0.2, 0.25) is 0 Å². The van der Waals surface area contributed by atoms with Gasteiger partial charge in [0.2, 0.25) is 0 Å². The third kappa shape index (κ3) is 2.39. The fraction of sp³-hybridized carbons (Fsp3) is 0.600. The highest BCUT2D eigenvalue weighted by Gasteiger charge is 2.37. The van der Waals surface area contributed by atoms with Gasteiger partial charge in [-0.2, -0.15) is 0 Å². The molecule has 1 saturated carbocycles. The van der Waals surface area contributed by atoms with Crippen molar-refractivity contribution in [2.45, 2.75) is 43.5 Å². The summed E-state index contributed by atoms with van der Waals surface area (Å²) in [7, 11) is 0. The molecule has 0 N–H and O–H groups in total. The Balaban J connectivity index is 1.97. The molecular weight excluding hydrogens is 312 g/mol. The first-order valence-electron chi connectivity index (χ1n) is 7.01. The number of piperidine rings is 1. The minimum atomic E-state index is -0.415. The van der Waals surface area contributed by atoms with Crippen LogP contribution in [-0.2, 0) is 5.33 Å². The molecule has 4 heteroatoms. The number of alkyl halides is 1. The Morgan fingerprint density at radius 2 is 1.79 bits per heavy atom. The second-order valence-electron chi connectivity index (χ2n) is 5.64. The average molecular weight is 330 g/mol. The molecule has 0 amide bonds. The lowest BCUT2D eigenvalue weighted by Crippen LogP contribution is -2.43. The molecule has 1 heterocycles. The molecule has 1 aliphatic heterocycles. The smallest absolute Gasteiger partial charge is 0.149 e. The van der Waals surface area contributed by atoms with E-state index in [9.17, 15) is 8.78 Å². The molecule has 1 aromatic carbocycles. The van der Waals surface area contributed by atoms with Gasteiger partial charge in [0.15, 0.2) is 0 Å². The fourth-order valence-corrected chi connectivity index (χ4v) is 4.02. The maximum Gasteiger partial charge on any atom is 0.149 e. The highest BCUT2D eigenvalue weighted by atomic mass is 79.9. The molecule has 2 unspecified atom stereocenters. The Morgan fingerprint density at radius 3 is 2.47 bits per heavy atom. The van der Waals surface area contributed by atoms with Crippen LogP contribution in [0.25, 0.3) is 0 Å². The fourth-order valence-electron chi connectivity index (χ4n) is 3.70. The SMILES string of the molecule is Fc1cc(CBr)cc(F)c1N1CCCC2CCCC21. The summed E-state index contributed by atoms with van der Waals surface area (Å²) in [6, 6.07) is 3.24. The Morgan fingerprint density at radius 1 is 1.11 bits per heavy atom. The molecule has 1 saturated heterocycles.